The molecule has 136 valence electrons. The number of hydrogen-bond acceptors (Lipinski definition) is 5. The van der Waals surface area contributed by atoms with Crippen LogP contribution < -0.4 is 0 Å². The summed E-state index contributed by atoms with van der Waals surface area (Å²) in [5.41, 5.74) is -0.852. The summed E-state index contributed by atoms with van der Waals surface area (Å²) in [5, 5.41) is 8.83. The van der Waals surface area contributed by atoms with E-state index in [9.17, 15) is 18.0 Å². The van der Waals surface area contributed by atoms with E-state index in [1.54, 1.807) is 20.8 Å². The predicted octanol–water partition coefficient (Wildman–Crippen LogP) is 1.20. The number of likely N-dealkylation sites (N-methyl/N-ethyl adjacent to an activating group) is 2. The third kappa shape index (κ3) is 5.24. The van der Waals surface area contributed by atoms with Crippen LogP contribution in [0.2, 0.25) is 0 Å². The van der Waals surface area contributed by atoms with Crippen molar-refractivity contribution in [2.24, 2.45) is 0 Å². The van der Waals surface area contributed by atoms with E-state index in [4.69, 9.17) is 9.84 Å². The second-order valence-electron chi connectivity index (χ2n) is 6.28. The molecule has 0 radical (unpaired) electrons. The fourth-order valence-corrected chi connectivity index (χ4v) is 2.83. The van der Waals surface area contributed by atoms with Crippen LogP contribution in [0.1, 0.15) is 31.3 Å². The Hall–Kier alpha value is -2.07. The molecule has 0 aliphatic carbocycles. The summed E-state index contributed by atoms with van der Waals surface area (Å²) >= 11 is 0. The number of nitrogens with one attached hydrogen (secondary N) is 1. The summed E-state index contributed by atoms with van der Waals surface area (Å²) in [6.45, 7) is 5.37. The Labute approximate surface area is 141 Å². The number of H-pyrrole nitrogens is 1. The smallest absolute Gasteiger partial charge is 0.410 e. The van der Waals surface area contributed by atoms with Gasteiger partial charge in [0, 0.05) is 33.4 Å². The van der Waals surface area contributed by atoms with Gasteiger partial charge in [-0.15, -0.1) is 0 Å². The van der Waals surface area contributed by atoms with Gasteiger partial charge in [0.15, 0.2) is 0 Å². The number of carboxylic acids is 1. The van der Waals surface area contributed by atoms with E-state index in [-0.39, 0.29) is 23.7 Å². The van der Waals surface area contributed by atoms with Crippen LogP contribution in [-0.4, -0.2) is 72.6 Å². The van der Waals surface area contributed by atoms with Crippen molar-refractivity contribution in [2.45, 2.75) is 31.3 Å². The third-order valence-corrected chi connectivity index (χ3v) is 4.89. The average molecular weight is 361 g/mol. The first kappa shape index (κ1) is 20.0. The molecule has 0 spiro atoms. The molecule has 24 heavy (non-hydrogen) atoms. The van der Waals surface area contributed by atoms with Gasteiger partial charge in [-0.05, 0) is 26.8 Å². The molecule has 0 fully saturated rings. The van der Waals surface area contributed by atoms with Crippen LogP contribution in [0.5, 0.6) is 0 Å². The van der Waals surface area contributed by atoms with Crippen molar-refractivity contribution in [2.75, 3.05) is 27.2 Å². The first-order valence-corrected chi connectivity index (χ1v) is 8.61. The van der Waals surface area contributed by atoms with Gasteiger partial charge in [-0.25, -0.2) is 18.0 Å². The zero-order valence-corrected chi connectivity index (χ0v) is 15.2. The normalized spacial score (nSPS) is 12.2. The fourth-order valence-electron chi connectivity index (χ4n) is 1.67. The maximum absolute atomic E-state index is 12.4. The van der Waals surface area contributed by atoms with E-state index < -0.39 is 27.7 Å². The second-order valence-corrected chi connectivity index (χ2v) is 8.33. The zero-order valence-electron chi connectivity index (χ0n) is 14.4. The summed E-state index contributed by atoms with van der Waals surface area (Å²) in [7, 11) is -0.988. The number of nitrogens with zero attached hydrogens (tertiary/aromatic N) is 2. The molecule has 1 aromatic heterocycles. The summed E-state index contributed by atoms with van der Waals surface area (Å²) in [4.78, 5) is 26.2. The number of aromatic carboxylic acids is 1. The highest BCUT2D eigenvalue weighted by Crippen LogP contribution is 2.16. The van der Waals surface area contributed by atoms with E-state index >= 15 is 0 Å². The molecule has 0 bridgehead atoms. The molecule has 1 aromatic rings. The quantitative estimate of drug-likeness (QED) is 0.785. The largest absolute Gasteiger partial charge is 0.477 e. The van der Waals surface area contributed by atoms with Crippen molar-refractivity contribution < 1.29 is 27.9 Å². The maximum atomic E-state index is 12.4. The monoisotopic (exact) mass is 361 g/mol. The molecule has 0 aromatic carbocycles. The van der Waals surface area contributed by atoms with Gasteiger partial charge in [-0.3, -0.25) is 0 Å². The lowest BCUT2D eigenvalue weighted by molar-refractivity contribution is 0.0294. The minimum absolute atomic E-state index is 0.0334. The first-order valence-electron chi connectivity index (χ1n) is 7.17. The lowest BCUT2D eigenvalue weighted by Gasteiger charge is -2.26. The van der Waals surface area contributed by atoms with E-state index in [1.807, 2.05) is 0 Å². The van der Waals surface area contributed by atoms with Gasteiger partial charge in [0.05, 0.1) is 0 Å². The van der Waals surface area contributed by atoms with Crippen LogP contribution in [0.15, 0.2) is 17.2 Å². The highest BCUT2D eigenvalue weighted by Gasteiger charge is 2.25. The molecule has 0 saturated heterocycles. The predicted molar refractivity (Wildman–Crippen MR) is 86.4 cm³/mol. The lowest BCUT2D eigenvalue weighted by atomic mass is 10.2. The first-order chi connectivity index (χ1) is 10.8. The van der Waals surface area contributed by atoms with Gasteiger partial charge in [-0.2, -0.15) is 4.31 Å². The van der Waals surface area contributed by atoms with Gasteiger partial charge in [-0.1, -0.05) is 0 Å². The van der Waals surface area contributed by atoms with Crippen molar-refractivity contribution in [3.05, 3.63) is 18.0 Å². The Kier molecular flexibility index (Phi) is 6.01. The molecule has 0 aliphatic rings. The standard InChI is InChI=1S/C14H23N3O6S/c1-14(2,3)23-13(20)16(4)6-7-17(5)24(21,22)10-8-11(12(18)19)15-9-10/h8-9,15H,6-7H2,1-5H3,(H,18,19). The second kappa shape index (κ2) is 7.22. The number of aromatic amines is 1. The SMILES string of the molecule is CN(CCN(C)S(=O)(=O)c1c[nH]c(C(=O)O)c1)C(=O)OC(C)(C)C. The van der Waals surface area contributed by atoms with Gasteiger partial charge >= 0.3 is 12.1 Å². The van der Waals surface area contributed by atoms with Crippen molar-refractivity contribution in [1.82, 2.24) is 14.2 Å². The number of rotatable bonds is 6. The number of hydrogen-bond donors (Lipinski definition) is 2. The van der Waals surface area contributed by atoms with E-state index in [0.717, 1.165) is 16.6 Å². The molecule has 0 atom stereocenters. The van der Waals surface area contributed by atoms with Crippen LogP contribution in [0.25, 0.3) is 0 Å². The maximum Gasteiger partial charge on any atom is 0.410 e. The topological polar surface area (TPSA) is 120 Å². The minimum Gasteiger partial charge on any atom is -0.477 e. The van der Waals surface area contributed by atoms with Crippen molar-refractivity contribution in [1.29, 1.82) is 0 Å². The zero-order chi connectivity index (χ0) is 18.7. The van der Waals surface area contributed by atoms with Crippen molar-refractivity contribution >= 4 is 22.1 Å². The molecular formula is C14H23N3O6S. The summed E-state index contributed by atoms with van der Waals surface area (Å²) in [5.74, 6) is -1.25. The van der Waals surface area contributed by atoms with Crippen molar-refractivity contribution in [3.63, 3.8) is 0 Å². The van der Waals surface area contributed by atoms with Gasteiger partial charge in [0.1, 0.15) is 16.2 Å². The van der Waals surface area contributed by atoms with Gasteiger partial charge < -0.3 is 19.7 Å². The van der Waals surface area contributed by atoms with E-state index in [1.165, 1.54) is 19.0 Å². The van der Waals surface area contributed by atoms with Crippen LogP contribution in [0.3, 0.4) is 0 Å². The average Bonchev–Trinajstić information content (AvgIpc) is 2.92. The number of carboxylic acid groups (broad SMARTS) is 1. The molecule has 10 heteroatoms. The number of carbonyl (C=O) groups excluding carboxylic acids is 1. The number of carbonyl (C=O) groups is 2. The molecule has 0 saturated carbocycles. The van der Waals surface area contributed by atoms with Crippen LogP contribution in [0, 0.1) is 0 Å². The molecule has 0 aliphatic heterocycles. The number of aromatic nitrogens is 1. The van der Waals surface area contributed by atoms with Crippen LogP contribution >= 0.6 is 0 Å². The highest BCUT2D eigenvalue weighted by atomic mass is 32.2. The fraction of sp³-hybridized carbons (Fsp3) is 0.571. The number of sulfonamides is 1. The minimum atomic E-state index is -3.85. The van der Waals surface area contributed by atoms with Gasteiger partial charge in [0.25, 0.3) is 0 Å². The Morgan fingerprint density at radius 1 is 1.25 bits per heavy atom. The van der Waals surface area contributed by atoms with E-state index in [2.05, 4.69) is 4.98 Å². The number of amides is 1. The van der Waals surface area contributed by atoms with Crippen molar-refractivity contribution in [3.8, 4) is 0 Å². The summed E-state index contributed by atoms with van der Waals surface area (Å²) < 4.78 is 30.9. The Morgan fingerprint density at radius 3 is 2.29 bits per heavy atom. The van der Waals surface area contributed by atoms with Crippen LogP contribution in [0.4, 0.5) is 4.79 Å². The molecule has 1 amide bonds. The molecule has 1 rings (SSSR count). The Balaban J connectivity index is 2.70. The highest BCUT2D eigenvalue weighted by molar-refractivity contribution is 7.89. The van der Waals surface area contributed by atoms with Crippen LogP contribution in [-0.2, 0) is 14.8 Å². The molecule has 2 N–H and O–H groups in total. The Morgan fingerprint density at radius 2 is 1.83 bits per heavy atom. The summed E-state index contributed by atoms with van der Waals surface area (Å²) in [6.07, 6.45) is 0.565. The number of ether oxygens (including phenoxy) is 1. The Bertz CT molecular complexity index is 704. The molecule has 1 heterocycles. The summed E-state index contributed by atoms with van der Waals surface area (Å²) in [6, 6.07) is 1.05. The van der Waals surface area contributed by atoms with E-state index in [0.29, 0.717) is 0 Å². The molecule has 9 nitrogen and oxygen atoms in total. The molecular weight excluding hydrogens is 338 g/mol. The molecule has 0 unspecified atom stereocenters. The third-order valence-electron chi connectivity index (χ3n) is 3.05. The van der Waals surface area contributed by atoms with Gasteiger partial charge in [0.2, 0.25) is 10.0 Å². The lowest BCUT2D eigenvalue weighted by Crippen LogP contribution is -2.39.